The Morgan fingerprint density at radius 3 is 2.56 bits per heavy atom. The fourth-order valence-corrected chi connectivity index (χ4v) is 5.16. The van der Waals surface area contributed by atoms with E-state index in [-0.39, 0.29) is 6.04 Å². The largest absolute Gasteiger partial charge is 0.280 e. The first kappa shape index (κ1) is 19.6. The van der Waals surface area contributed by atoms with E-state index < -0.39 is 0 Å². The predicted molar refractivity (Wildman–Crippen MR) is 118 cm³/mol. The summed E-state index contributed by atoms with van der Waals surface area (Å²) in [5.41, 5.74) is 1.82. The number of nitrogens with zero attached hydrogens (tertiary/aromatic N) is 2. The van der Waals surface area contributed by atoms with Crippen molar-refractivity contribution in [3.63, 3.8) is 0 Å². The third-order valence-corrected chi connectivity index (χ3v) is 6.68. The van der Waals surface area contributed by atoms with Gasteiger partial charge in [-0.1, -0.05) is 24.8 Å². The first-order chi connectivity index (χ1) is 12.2. The van der Waals surface area contributed by atoms with Crippen molar-refractivity contribution in [2.75, 3.05) is 0 Å². The van der Waals surface area contributed by atoms with Crippen molar-refractivity contribution in [2.45, 2.75) is 25.1 Å². The minimum absolute atomic E-state index is 0.0848. The Kier molecular flexibility index (Phi) is 8.12. The molecule has 2 aromatic rings. The van der Waals surface area contributed by atoms with Gasteiger partial charge in [0.05, 0.1) is 11.7 Å². The van der Waals surface area contributed by atoms with E-state index in [2.05, 4.69) is 66.8 Å². The predicted octanol–water partition coefficient (Wildman–Crippen LogP) is 6.70. The molecule has 1 atom stereocenters. The van der Waals surface area contributed by atoms with E-state index in [1.54, 1.807) is 40.5 Å². The summed E-state index contributed by atoms with van der Waals surface area (Å²) < 4.78 is 0. The molecule has 0 aromatic carbocycles. The second kappa shape index (κ2) is 10.3. The summed E-state index contributed by atoms with van der Waals surface area (Å²) in [4.78, 5) is 12.8. The number of rotatable bonds is 10. The lowest BCUT2D eigenvalue weighted by molar-refractivity contribution is 0.856. The molecule has 25 heavy (non-hydrogen) atoms. The lowest BCUT2D eigenvalue weighted by atomic mass is 10.2. The Hall–Kier alpha value is -1.69. The van der Waals surface area contributed by atoms with E-state index in [9.17, 15) is 0 Å². The van der Waals surface area contributed by atoms with E-state index in [0.29, 0.717) is 6.42 Å². The standard InChI is InChI=1S/C20H22N2S3/c1-5-9-16(6-2)22-15(3)19(21-4)20(18-11-8-13-24-18)25-14-17-10-7-12-23-17/h5-8,10-13,15H,1-2,4,9,14H2,3H3/b20-19+,22-16-. The lowest BCUT2D eigenvalue weighted by Crippen LogP contribution is -2.07. The van der Waals surface area contributed by atoms with Crippen molar-refractivity contribution >= 4 is 51.8 Å². The van der Waals surface area contributed by atoms with Crippen LogP contribution in [0.1, 0.15) is 23.1 Å². The Bertz CT molecular complexity index is 753. The fourth-order valence-electron chi connectivity index (χ4n) is 2.26. The van der Waals surface area contributed by atoms with Crippen LogP contribution in [-0.2, 0) is 5.75 Å². The molecular weight excluding hydrogens is 364 g/mol. The van der Waals surface area contributed by atoms with E-state index >= 15 is 0 Å². The first-order valence-corrected chi connectivity index (χ1v) is 10.6. The monoisotopic (exact) mass is 386 g/mol. The van der Waals surface area contributed by atoms with Crippen LogP contribution in [0.2, 0.25) is 0 Å². The van der Waals surface area contributed by atoms with Crippen LogP contribution < -0.4 is 0 Å². The van der Waals surface area contributed by atoms with Crippen LogP contribution in [0, 0.1) is 0 Å². The summed E-state index contributed by atoms with van der Waals surface area (Å²) in [6.45, 7) is 13.5. The third-order valence-electron chi connectivity index (χ3n) is 3.43. The molecule has 1 unspecified atom stereocenters. The Morgan fingerprint density at radius 2 is 2.00 bits per heavy atom. The lowest BCUT2D eigenvalue weighted by Gasteiger charge is -2.14. The smallest absolute Gasteiger partial charge is 0.0906 e. The second-order valence-corrected chi connectivity index (χ2v) is 8.18. The maximum Gasteiger partial charge on any atom is 0.0906 e. The molecule has 2 heterocycles. The number of aliphatic imine (C=N–C) groups is 2. The maximum absolute atomic E-state index is 4.76. The summed E-state index contributed by atoms with van der Waals surface area (Å²) in [7, 11) is 0. The molecule has 2 rings (SSSR count). The number of thioether (sulfide) groups is 1. The molecule has 2 nitrogen and oxygen atoms in total. The van der Waals surface area contributed by atoms with Crippen LogP contribution in [0.4, 0.5) is 0 Å². The SMILES string of the molecule is C=CC/C(C=C)=N\C(C)/C(N=C)=C(\SCc1cccs1)c1cccs1. The van der Waals surface area contributed by atoms with Crippen LogP contribution in [0.3, 0.4) is 0 Å². The molecule has 0 radical (unpaired) electrons. The number of hydrogen-bond donors (Lipinski definition) is 0. The van der Waals surface area contributed by atoms with Crippen molar-refractivity contribution in [3.05, 3.63) is 75.8 Å². The van der Waals surface area contributed by atoms with Crippen LogP contribution in [0.25, 0.3) is 4.91 Å². The number of allylic oxidation sites excluding steroid dienone is 2. The molecule has 0 spiro atoms. The molecule has 5 heteroatoms. The van der Waals surface area contributed by atoms with Crippen LogP contribution in [0.5, 0.6) is 0 Å². The Labute approximate surface area is 162 Å². The number of thiophene rings is 2. The fraction of sp³-hybridized carbons (Fsp3) is 0.200. The van der Waals surface area contributed by atoms with Gasteiger partial charge in [-0.05, 0) is 42.6 Å². The van der Waals surface area contributed by atoms with Crippen molar-refractivity contribution in [1.82, 2.24) is 0 Å². The van der Waals surface area contributed by atoms with Crippen molar-refractivity contribution < 1.29 is 0 Å². The molecule has 0 bridgehead atoms. The molecule has 0 aliphatic carbocycles. The minimum Gasteiger partial charge on any atom is -0.280 e. The van der Waals surface area contributed by atoms with Gasteiger partial charge in [-0.3, -0.25) is 9.98 Å². The highest BCUT2D eigenvalue weighted by Gasteiger charge is 2.16. The quantitative estimate of drug-likeness (QED) is 0.329. The molecule has 0 fully saturated rings. The van der Waals surface area contributed by atoms with E-state index in [4.69, 9.17) is 4.99 Å². The molecule has 0 amide bonds. The molecule has 0 saturated carbocycles. The summed E-state index contributed by atoms with van der Waals surface area (Å²) in [5, 5.41) is 4.19. The highest BCUT2D eigenvalue weighted by molar-refractivity contribution is 8.07. The van der Waals surface area contributed by atoms with Gasteiger partial charge >= 0.3 is 0 Å². The highest BCUT2D eigenvalue weighted by atomic mass is 32.2. The van der Waals surface area contributed by atoms with Gasteiger partial charge in [0.1, 0.15) is 0 Å². The van der Waals surface area contributed by atoms with E-state index in [0.717, 1.165) is 22.1 Å². The minimum atomic E-state index is -0.0848. The van der Waals surface area contributed by atoms with Crippen molar-refractivity contribution in [2.24, 2.45) is 9.98 Å². The average Bonchev–Trinajstić information content (AvgIpc) is 3.31. The van der Waals surface area contributed by atoms with E-state index in [1.807, 2.05) is 6.08 Å². The Balaban J connectivity index is 2.36. The maximum atomic E-state index is 4.76. The zero-order valence-electron chi connectivity index (χ0n) is 14.4. The van der Waals surface area contributed by atoms with Crippen LogP contribution in [0.15, 0.2) is 76.0 Å². The zero-order chi connectivity index (χ0) is 18.1. The molecule has 0 N–H and O–H groups in total. The van der Waals surface area contributed by atoms with Gasteiger partial charge in [-0.15, -0.1) is 41.0 Å². The van der Waals surface area contributed by atoms with Gasteiger partial charge in [0.25, 0.3) is 0 Å². The number of hydrogen-bond acceptors (Lipinski definition) is 5. The van der Waals surface area contributed by atoms with Crippen molar-refractivity contribution in [3.8, 4) is 0 Å². The normalized spacial score (nSPS) is 13.9. The topological polar surface area (TPSA) is 24.7 Å². The Morgan fingerprint density at radius 1 is 1.24 bits per heavy atom. The molecule has 0 saturated heterocycles. The highest BCUT2D eigenvalue weighted by Crippen LogP contribution is 2.38. The molecule has 0 aliphatic heterocycles. The average molecular weight is 387 g/mol. The van der Waals surface area contributed by atoms with Gasteiger partial charge in [0.2, 0.25) is 0 Å². The van der Waals surface area contributed by atoms with Gasteiger partial charge in [-0.2, -0.15) is 0 Å². The summed E-state index contributed by atoms with van der Waals surface area (Å²) in [6.07, 6.45) is 4.32. The van der Waals surface area contributed by atoms with Crippen LogP contribution >= 0.6 is 34.4 Å². The van der Waals surface area contributed by atoms with Gasteiger partial charge in [0.15, 0.2) is 0 Å². The van der Waals surface area contributed by atoms with Gasteiger partial charge in [0, 0.05) is 32.5 Å². The van der Waals surface area contributed by atoms with Gasteiger partial charge in [-0.25, -0.2) is 0 Å². The molecule has 130 valence electrons. The molecule has 0 aliphatic rings. The van der Waals surface area contributed by atoms with E-state index in [1.165, 1.54) is 9.75 Å². The third kappa shape index (κ3) is 5.66. The summed E-state index contributed by atoms with van der Waals surface area (Å²) >= 11 is 5.29. The first-order valence-electron chi connectivity index (χ1n) is 7.89. The second-order valence-electron chi connectivity index (χ2n) is 5.21. The molecule has 2 aromatic heterocycles. The summed E-state index contributed by atoms with van der Waals surface area (Å²) in [6, 6.07) is 8.35. The van der Waals surface area contributed by atoms with Gasteiger partial charge < -0.3 is 0 Å². The molecular formula is C20H22N2S3. The van der Waals surface area contributed by atoms with Crippen LogP contribution in [-0.4, -0.2) is 18.5 Å². The van der Waals surface area contributed by atoms with Crippen molar-refractivity contribution in [1.29, 1.82) is 0 Å². The zero-order valence-corrected chi connectivity index (χ0v) is 16.8. The summed E-state index contributed by atoms with van der Waals surface area (Å²) in [5.74, 6) is 0.918.